The number of aryl methyl sites for hydroxylation is 1. The zero-order valence-corrected chi connectivity index (χ0v) is 15.2. The Morgan fingerprint density at radius 1 is 0.958 bits per heavy atom. The molecule has 0 spiro atoms. The van der Waals surface area contributed by atoms with Crippen LogP contribution in [0.25, 0.3) is 0 Å². The Morgan fingerprint density at radius 2 is 1.54 bits per heavy atom. The second kappa shape index (κ2) is 9.67. The van der Waals surface area contributed by atoms with Crippen LogP contribution in [-0.2, 0) is 16.0 Å². The number of halogens is 1. The van der Waals surface area contributed by atoms with Crippen LogP contribution in [0.2, 0.25) is 5.02 Å². The van der Waals surface area contributed by atoms with Crippen LogP contribution in [0.1, 0.15) is 44.6 Å². The van der Waals surface area contributed by atoms with Crippen molar-refractivity contribution in [1.82, 2.24) is 9.80 Å². The van der Waals surface area contributed by atoms with Crippen LogP contribution in [0.5, 0.6) is 0 Å². The molecule has 4 nitrogen and oxygen atoms in total. The van der Waals surface area contributed by atoms with Crippen LogP contribution in [0.3, 0.4) is 0 Å². The van der Waals surface area contributed by atoms with Gasteiger partial charge in [0.25, 0.3) is 0 Å². The van der Waals surface area contributed by atoms with Gasteiger partial charge < -0.3 is 9.80 Å². The van der Waals surface area contributed by atoms with Gasteiger partial charge in [0.1, 0.15) is 0 Å². The molecule has 1 aliphatic heterocycles. The highest BCUT2D eigenvalue weighted by molar-refractivity contribution is 6.30. The first-order chi connectivity index (χ1) is 11.6. The summed E-state index contributed by atoms with van der Waals surface area (Å²) in [4.78, 5) is 28.4. The molecule has 132 valence electrons. The molecule has 1 fully saturated rings. The highest BCUT2D eigenvalue weighted by atomic mass is 35.5. The number of amides is 2. The van der Waals surface area contributed by atoms with Gasteiger partial charge in [-0.1, -0.05) is 37.1 Å². The second-order valence-corrected chi connectivity index (χ2v) is 6.78. The van der Waals surface area contributed by atoms with E-state index in [9.17, 15) is 9.59 Å². The predicted octanol–water partition coefficient (Wildman–Crippen LogP) is 3.52. The van der Waals surface area contributed by atoms with Crippen molar-refractivity contribution in [1.29, 1.82) is 0 Å². The zero-order chi connectivity index (χ0) is 17.4. The van der Waals surface area contributed by atoms with Crippen molar-refractivity contribution in [2.24, 2.45) is 0 Å². The molecule has 0 N–H and O–H groups in total. The lowest BCUT2D eigenvalue weighted by molar-refractivity contribution is -0.133. The Bertz CT molecular complexity index is 545. The van der Waals surface area contributed by atoms with E-state index in [0.29, 0.717) is 31.0 Å². The molecule has 2 rings (SSSR count). The Labute approximate surface area is 149 Å². The number of carbonyl (C=O) groups is 2. The minimum Gasteiger partial charge on any atom is -0.341 e. The first kappa shape index (κ1) is 18.8. The maximum Gasteiger partial charge on any atom is 0.222 e. The highest BCUT2D eigenvalue weighted by Gasteiger charge is 2.21. The van der Waals surface area contributed by atoms with Gasteiger partial charge in [0.2, 0.25) is 11.8 Å². The number of hydrogen-bond acceptors (Lipinski definition) is 2. The molecule has 0 atom stereocenters. The maximum atomic E-state index is 12.4. The summed E-state index contributed by atoms with van der Waals surface area (Å²) in [5.41, 5.74) is 1.12. The summed E-state index contributed by atoms with van der Waals surface area (Å²) in [5, 5.41) is 0.713. The fourth-order valence-corrected chi connectivity index (χ4v) is 3.09. The summed E-state index contributed by atoms with van der Waals surface area (Å²) in [7, 11) is 0. The second-order valence-electron chi connectivity index (χ2n) is 6.35. The van der Waals surface area contributed by atoms with Gasteiger partial charge in [0.05, 0.1) is 0 Å². The summed E-state index contributed by atoms with van der Waals surface area (Å²) in [6, 6.07) is 7.64. The van der Waals surface area contributed by atoms with Crippen molar-refractivity contribution in [2.75, 3.05) is 26.2 Å². The Kier molecular flexibility index (Phi) is 7.57. The van der Waals surface area contributed by atoms with Gasteiger partial charge in [-0.2, -0.15) is 0 Å². The van der Waals surface area contributed by atoms with E-state index in [1.54, 1.807) is 0 Å². The third-order valence-corrected chi connectivity index (χ3v) is 4.74. The van der Waals surface area contributed by atoms with Crippen molar-refractivity contribution in [3.8, 4) is 0 Å². The summed E-state index contributed by atoms with van der Waals surface area (Å²) >= 11 is 5.88. The number of unbranched alkanes of at least 4 members (excludes halogenated alkanes) is 1. The summed E-state index contributed by atoms with van der Waals surface area (Å²) in [5.74, 6) is 0.403. The monoisotopic (exact) mass is 350 g/mol. The summed E-state index contributed by atoms with van der Waals surface area (Å²) in [6.07, 6.45) is 4.70. The lowest BCUT2D eigenvalue weighted by Crippen LogP contribution is -2.37. The van der Waals surface area contributed by atoms with E-state index in [1.807, 2.05) is 34.1 Å². The van der Waals surface area contributed by atoms with Gasteiger partial charge in [-0.15, -0.1) is 0 Å². The minimum atomic E-state index is 0.174. The van der Waals surface area contributed by atoms with Gasteiger partial charge in [-0.25, -0.2) is 0 Å². The van der Waals surface area contributed by atoms with Crippen LogP contribution in [0.4, 0.5) is 0 Å². The molecule has 5 heteroatoms. The standard InChI is InChI=1S/C19H27ClN2O2/c1-2-3-5-18(23)21-12-4-13-22(15-14-21)19(24)11-8-16-6-9-17(20)10-7-16/h6-7,9-10H,2-5,8,11-15H2,1H3. The van der Waals surface area contributed by atoms with Gasteiger partial charge >= 0.3 is 0 Å². The molecule has 1 aromatic carbocycles. The van der Waals surface area contributed by atoms with Crippen LogP contribution in [-0.4, -0.2) is 47.8 Å². The first-order valence-electron chi connectivity index (χ1n) is 8.90. The zero-order valence-electron chi connectivity index (χ0n) is 14.5. The summed E-state index contributed by atoms with van der Waals surface area (Å²) < 4.78 is 0. The minimum absolute atomic E-state index is 0.174. The van der Waals surface area contributed by atoms with Crippen molar-refractivity contribution in [3.63, 3.8) is 0 Å². The number of nitrogens with zero attached hydrogens (tertiary/aromatic N) is 2. The van der Waals surface area contributed by atoms with Crippen LogP contribution in [0.15, 0.2) is 24.3 Å². The molecule has 0 radical (unpaired) electrons. The molecule has 2 amide bonds. The molecule has 0 unspecified atom stereocenters. The molecule has 0 aliphatic carbocycles. The van der Waals surface area contributed by atoms with Crippen molar-refractivity contribution >= 4 is 23.4 Å². The molecular weight excluding hydrogens is 324 g/mol. The van der Waals surface area contributed by atoms with Gasteiger partial charge in [0.15, 0.2) is 0 Å². The maximum absolute atomic E-state index is 12.4. The van der Waals surface area contributed by atoms with Crippen molar-refractivity contribution in [3.05, 3.63) is 34.9 Å². The third kappa shape index (κ3) is 5.82. The lowest BCUT2D eigenvalue weighted by Gasteiger charge is -2.22. The van der Waals surface area contributed by atoms with Gasteiger partial charge in [-0.05, 0) is 37.0 Å². The number of hydrogen-bond donors (Lipinski definition) is 0. The summed E-state index contributed by atoms with van der Waals surface area (Å²) in [6.45, 7) is 4.92. The van der Waals surface area contributed by atoms with E-state index in [4.69, 9.17) is 11.6 Å². The third-order valence-electron chi connectivity index (χ3n) is 4.49. The average Bonchev–Trinajstić information content (AvgIpc) is 2.85. The largest absolute Gasteiger partial charge is 0.341 e. The molecule has 1 heterocycles. The SMILES string of the molecule is CCCCC(=O)N1CCCN(C(=O)CCc2ccc(Cl)cc2)CC1. The highest BCUT2D eigenvalue weighted by Crippen LogP contribution is 2.13. The van der Waals surface area contributed by atoms with E-state index in [-0.39, 0.29) is 11.8 Å². The molecule has 1 aromatic rings. The molecule has 0 bridgehead atoms. The molecular formula is C19H27ClN2O2. The molecule has 0 saturated carbocycles. The van der Waals surface area contributed by atoms with E-state index >= 15 is 0 Å². The van der Waals surface area contributed by atoms with Crippen LogP contribution in [0, 0.1) is 0 Å². The fraction of sp³-hybridized carbons (Fsp3) is 0.579. The van der Waals surface area contributed by atoms with Crippen molar-refractivity contribution < 1.29 is 9.59 Å². The Morgan fingerprint density at radius 3 is 2.12 bits per heavy atom. The topological polar surface area (TPSA) is 40.6 Å². The Hall–Kier alpha value is -1.55. The van der Waals surface area contributed by atoms with E-state index in [0.717, 1.165) is 44.3 Å². The van der Waals surface area contributed by atoms with E-state index in [1.165, 1.54) is 0 Å². The Balaban J connectivity index is 1.78. The van der Waals surface area contributed by atoms with Crippen LogP contribution >= 0.6 is 11.6 Å². The normalized spacial score (nSPS) is 15.2. The van der Waals surface area contributed by atoms with E-state index < -0.39 is 0 Å². The fourth-order valence-electron chi connectivity index (χ4n) is 2.96. The number of rotatable bonds is 6. The van der Waals surface area contributed by atoms with Gasteiger partial charge in [-0.3, -0.25) is 9.59 Å². The quantitative estimate of drug-likeness (QED) is 0.787. The molecule has 1 aliphatic rings. The van der Waals surface area contributed by atoms with Crippen LogP contribution < -0.4 is 0 Å². The van der Waals surface area contributed by atoms with Gasteiger partial charge in [0, 0.05) is 44.0 Å². The first-order valence-corrected chi connectivity index (χ1v) is 9.28. The molecule has 1 saturated heterocycles. The number of benzene rings is 1. The van der Waals surface area contributed by atoms with E-state index in [2.05, 4.69) is 6.92 Å². The van der Waals surface area contributed by atoms with Crippen molar-refractivity contribution in [2.45, 2.75) is 45.4 Å². The predicted molar refractivity (Wildman–Crippen MR) is 97.1 cm³/mol. The number of carbonyl (C=O) groups excluding carboxylic acids is 2. The molecule has 24 heavy (non-hydrogen) atoms. The average molecular weight is 351 g/mol. The lowest BCUT2D eigenvalue weighted by atomic mass is 10.1. The smallest absolute Gasteiger partial charge is 0.222 e. The molecule has 0 aromatic heterocycles.